The predicted octanol–water partition coefficient (Wildman–Crippen LogP) is 6.92. The third-order valence-electron chi connectivity index (χ3n) is 14.1. The largest absolute Gasteiger partial charge is 0.458 e. The quantitative estimate of drug-likeness (QED) is 0.166. The van der Waals surface area contributed by atoms with Crippen molar-refractivity contribution < 1.29 is 52.7 Å². The van der Waals surface area contributed by atoms with Crippen molar-refractivity contribution in [2.75, 3.05) is 31.0 Å². The summed E-state index contributed by atoms with van der Waals surface area (Å²) in [6.07, 6.45) is 2.79. The van der Waals surface area contributed by atoms with Gasteiger partial charge in [-0.15, -0.1) is 11.8 Å². The van der Waals surface area contributed by atoms with Gasteiger partial charge in [0.25, 0.3) is 5.91 Å². The number of aliphatic hydroxyl groups is 1. The van der Waals surface area contributed by atoms with Gasteiger partial charge in [-0.3, -0.25) is 24.2 Å². The number of imidazole rings is 1. The molecule has 6 heterocycles. The average molecular weight is 980 g/mol. The van der Waals surface area contributed by atoms with Crippen molar-refractivity contribution in [2.24, 2.45) is 29.6 Å². The number of aromatic nitrogens is 4. The third kappa shape index (κ3) is 10.2. The van der Waals surface area contributed by atoms with E-state index in [-0.39, 0.29) is 58.2 Å². The molecule has 20 heteroatoms. The Morgan fingerprint density at radius 1 is 0.985 bits per heavy atom. The first-order valence-corrected chi connectivity index (χ1v) is 24.2. The van der Waals surface area contributed by atoms with Gasteiger partial charge in [-0.05, 0) is 59.8 Å². The number of hydrogen-bond donors (Lipinski definition) is 3. The number of nitrogens with one attached hydrogen (secondary N) is 1. The highest BCUT2D eigenvalue weighted by atomic mass is 35.5. The zero-order valence-corrected chi connectivity index (χ0v) is 41.8. The number of methoxy groups -OCH3 is 2. The molecule has 2 unspecified atom stereocenters. The maximum absolute atomic E-state index is 14.7. The van der Waals surface area contributed by atoms with Crippen molar-refractivity contribution in [3.63, 3.8) is 0 Å². The summed E-state index contributed by atoms with van der Waals surface area (Å²) in [7, 11) is 3.14. The van der Waals surface area contributed by atoms with Crippen LogP contribution in [-0.4, -0.2) is 121 Å². The number of ether oxygens (including phenoxy) is 6. The van der Waals surface area contributed by atoms with E-state index >= 15 is 0 Å². The van der Waals surface area contributed by atoms with Gasteiger partial charge in [0.15, 0.2) is 17.7 Å². The van der Waals surface area contributed by atoms with Crippen molar-refractivity contribution >= 4 is 81.1 Å². The van der Waals surface area contributed by atoms with Crippen LogP contribution in [0.4, 0.5) is 11.5 Å². The Morgan fingerprint density at radius 2 is 1.67 bits per heavy atom. The van der Waals surface area contributed by atoms with Gasteiger partial charge in [-0.25, -0.2) is 9.97 Å². The minimum absolute atomic E-state index is 0.0823. The number of aliphatic hydroxyl groups excluding tert-OH is 1. The van der Waals surface area contributed by atoms with Gasteiger partial charge in [0, 0.05) is 69.3 Å². The van der Waals surface area contributed by atoms with Gasteiger partial charge in [0.1, 0.15) is 28.8 Å². The predicted molar refractivity (Wildman–Crippen MR) is 250 cm³/mol. The van der Waals surface area contributed by atoms with E-state index in [1.54, 1.807) is 39.4 Å². The number of rotatable bonds is 11. The molecule has 3 fully saturated rings. The molecule has 66 heavy (non-hydrogen) atoms. The van der Waals surface area contributed by atoms with Gasteiger partial charge in [0.05, 0.1) is 62.5 Å². The molecule has 0 spiro atoms. The number of nitrogens with two attached hydrogens (primary N) is 1. The molecule has 0 aliphatic carbocycles. The van der Waals surface area contributed by atoms with Gasteiger partial charge < -0.3 is 49.1 Å². The van der Waals surface area contributed by atoms with E-state index in [0.717, 1.165) is 0 Å². The summed E-state index contributed by atoms with van der Waals surface area (Å²) in [6.45, 7) is 16.8. The number of ketones is 1. The van der Waals surface area contributed by atoms with Crippen LogP contribution in [0.5, 0.6) is 0 Å². The highest BCUT2D eigenvalue weighted by molar-refractivity contribution is 8.00. The number of hydrogen-bond acceptors (Lipinski definition) is 16. The molecular weight excluding hydrogens is 916 g/mol. The number of nitrogens with zero attached hydrogens (tertiary/aromatic N) is 4. The fourth-order valence-corrected chi connectivity index (χ4v) is 12.3. The van der Waals surface area contributed by atoms with E-state index in [1.165, 1.54) is 43.8 Å². The Balaban J connectivity index is 1.30. The average Bonchev–Trinajstić information content (AvgIpc) is 3.81. The number of aryl methyl sites for hydroxylation is 1. The van der Waals surface area contributed by atoms with Gasteiger partial charge >= 0.3 is 11.9 Å². The second-order valence-electron chi connectivity index (χ2n) is 18.8. The number of Topliss-reactive ketones (excluding diaryl/α,β-unsaturated/α-hetero) is 1. The van der Waals surface area contributed by atoms with Crippen molar-refractivity contribution in [2.45, 2.75) is 147 Å². The SMILES string of the molecule is CC[C@H]1OC(=O)[C@H](C)[C@@H](O[C@H]2C[C@@](C)(OC)[C@@H](O)[C@H](C)O2)[C@H](C)CC(C)(OC)C[C@@H](C)C(=O)[C@H](C)C2[C@H](SCCn3cnc4c(N)ncc(C(=O)Nc5c(Cl)cncc5Cl)c43)C(=O)O[C@@]21C. The summed E-state index contributed by atoms with van der Waals surface area (Å²) in [5, 5.41) is 13.1. The number of cyclic esters (lactones) is 1. The molecule has 4 N–H and O–H groups in total. The van der Waals surface area contributed by atoms with Crippen LogP contribution in [0.3, 0.4) is 0 Å². The molecule has 1 amide bonds. The van der Waals surface area contributed by atoms with Crippen LogP contribution in [0.1, 0.15) is 98.4 Å². The zero-order valence-electron chi connectivity index (χ0n) is 39.5. The molecule has 3 aliphatic rings. The number of amides is 1. The van der Waals surface area contributed by atoms with Gasteiger partial charge in [-0.1, -0.05) is 50.9 Å². The summed E-state index contributed by atoms with van der Waals surface area (Å²) in [5.41, 5.74) is 4.03. The molecular formula is C46H64Cl2N6O11S. The number of fused-ring (bicyclic) bond motifs is 2. The Kier molecular flexibility index (Phi) is 16.1. The van der Waals surface area contributed by atoms with E-state index in [0.29, 0.717) is 29.6 Å². The zero-order chi connectivity index (χ0) is 48.6. The molecule has 6 rings (SSSR count). The molecule has 0 radical (unpaired) electrons. The molecule has 3 aromatic rings. The van der Waals surface area contributed by atoms with E-state index in [1.807, 2.05) is 34.6 Å². The maximum atomic E-state index is 14.7. The smallest absolute Gasteiger partial charge is 0.320 e. The summed E-state index contributed by atoms with van der Waals surface area (Å²) in [5.74, 6) is -4.42. The number of carbonyl (C=O) groups excluding carboxylic acids is 4. The lowest BCUT2D eigenvalue weighted by Crippen LogP contribution is -2.57. The first kappa shape index (κ1) is 51.8. The highest BCUT2D eigenvalue weighted by Gasteiger charge is 2.61. The lowest BCUT2D eigenvalue weighted by atomic mass is 9.70. The number of halogens is 2. The van der Waals surface area contributed by atoms with E-state index in [9.17, 15) is 24.3 Å². The second kappa shape index (κ2) is 20.5. The van der Waals surface area contributed by atoms with Crippen LogP contribution >= 0.6 is 35.0 Å². The Labute approximate surface area is 400 Å². The molecule has 17 nitrogen and oxygen atoms in total. The molecule has 0 saturated carbocycles. The molecule has 3 aromatic heterocycles. The van der Waals surface area contributed by atoms with Crippen molar-refractivity contribution in [1.29, 1.82) is 0 Å². The van der Waals surface area contributed by atoms with Crippen LogP contribution in [0.15, 0.2) is 24.9 Å². The number of pyridine rings is 2. The summed E-state index contributed by atoms with van der Waals surface area (Å²) >= 11 is 13.9. The molecule has 3 aliphatic heterocycles. The first-order valence-electron chi connectivity index (χ1n) is 22.4. The minimum atomic E-state index is -1.41. The Bertz CT molecular complexity index is 2270. The van der Waals surface area contributed by atoms with Crippen LogP contribution in [0, 0.1) is 29.6 Å². The number of esters is 2. The minimum Gasteiger partial charge on any atom is -0.458 e. The second-order valence-corrected chi connectivity index (χ2v) is 20.9. The van der Waals surface area contributed by atoms with Crippen LogP contribution < -0.4 is 11.1 Å². The topological polar surface area (TPSA) is 226 Å². The molecule has 364 valence electrons. The van der Waals surface area contributed by atoms with Gasteiger partial charge in [0.2, 0.25) is 0 Å². The first-order chi connectivity index (χ1) is 31.0. The summed E-state index contributed by atoms with van der Waals surface area (Å²) in [6, 6.07) is 0. The van der Waals surface area contributed by atoms with E-state index in [2.05, 4.69) is 20.3 Å². The molecule has 14 atom stereocenters. The van der Waals surface area contributed by atoms with Crippen LogP contribution in [0.2, 0.25) is 10.0 Å². The fourth-order valence-electron chi connectivity index (χ4n) is 10.4. The lowest BCUT2D eigenvalue weighted by Gasteiger charge is -2.46. The van der Waals surface area contributed by atoms with Crippen LogP contribution in [0.25, 0.3) is 11.0 Å². The van der Waals surface area contributed by atoms with Crippen molar-refractivity contribution in [1.82, 2.24) is 19.5 Å². The number of carbonyl (C=O) groups is 4. The maximum Gasteiger partial charge on any atom is 0.320 e. The Morgan fingerprint density at radius 3 is 2.30 bits per heavy atom. The van der Waals surface area contributed by atoms with Crippen molar-refractivity contribution in [3.8, 4) is 0 Å². The lowest BCUT2D eigenvalue weighted by molar-refractivity contribution is -0.296. The summed E-state index contributed by atoms with van der Waals surface area (Å²) < 4.78 is 39.2. The summed E-state index contributed by atoms with van der Waals surface area (Å²) in [4.78, 5) is 69.8. The van der Waals surface area contributed by atoms with E-state index in [4.69, 9.17) is 57.4 Å². The molecule has 3 saturated heterocycles. The monoisotopic (exact) mass is 978 g/mol. The van der Waals surface area contributed by atoms with E-state index < -0.39 is 94.3 Å². The number of nitrogen functional groups attached to an aromatic ring is 1. The molecule has 0 bridgehead atoms. The normalized spacial score (nSPS) is 35.8. The third-order valence-corrected chi connectivity index (χ3v) is 15.9. The number of anilines is 2. The fraction of sp³-hybridized carbons (Fsp3) is 0.674. The van der Waals surface area contributed by atoms with Crippen LogP contribution in [-0.2, 0) is 49.3 Å². The van der Waals surface area contributed by atoms with Crippen molar-refractivity contribution in [3.05, 3.63) is 40.5 Å². The molecule has 0 aromatic carbocycles. The number of thioether (sulfide) groups is 1. The van der Waals surface area contributed by atoms with Gasteiger partial charge in [-0.2, -0.15) is 0 Å². The standard InChI is InChI=1S/C46H64Cl2N6O11S/c1-12-30-46(9)32(38(43(59)65-46)66-14-13-54-21-52-34-35(54)27(18-51-40(34)49)41(57)53-33-28(47)19-50-20-29(33)48)24(4)36(55)22(2)15-44(7,60-10)16-23(3)37(25(5)42(58)63-30)64-31-17-45(8,61-11)39(56)26(6)62-31/h18-26,30-32,37-39,56H,12-17H2,1-11H3,(H2,49,51)(H,50,53,57)/t22-,23-,24-,25-,26+,30-,31+,32?,37+,38+,39+,44?,45-,46-/m1/s1. The highest BCUT2D eigenvalue weighted by Crippen LogP contribution is 2.49. The Hall–Kier alpha value is -3.62.